The van der Waals surface area contributed by atoms with Crippen molar-refractivity contribution in [1.29, 1.82) is 0 Å². The fourth-order valence-corrected chi connectivity index (χ4v) is 3.49. The molecule has 0 aromatic heterocycles. The first-order valence-electron chi connectivity index (χ1n) is 9.70. The first-order chi connectivity index (χ1) is 15.0. The predicted molar refractivity (Wildman–Crippen MR) is 115 cm³/mol. The van der Waals surface area contributed by atoms with Gasteiger partial charge in [-0.2, -0.15) is 0 Å². The van der Waals surface area contributed by atoms with Crippen molar-refractivity contribution in [1.82, 2.24) is 5.32 Å². The molecule has 0 spiro atoms. The Balaban J connectivity index is 1.90. The smallest absolute Gasteiger partial charge is 0.329 e. The number of nitro benzene ring substituents is 1. The summed E-state index contributed by atoms with van der Waals surface area (Å²) in [6.45, 7) is 0. The van der Waals surface area contributed by atoms with Gasteiger partial charge in [0.15, 0.2) is 0 Å². The van der Waals surface area contributed by atoms with Gasteiger partial charge in [-0.05, 0) is 16.7 Å². The third-order valence-electron chi connectivity index (χ3n) is 4.91. The van der Waals surface area contributed by atoms with Crippen LogP contribution >= 0.6 is 0 Å². The highest BCUT2D eigenvalue weighted by Crippen LogP contribution is 2.29. The maximum atomic E-state index is 12.8. The van der Waals surface area contributed by atoms with Gasteiger partial charge in [-0.15, -0.1) is 0 Å². The Morgan fingerprint density at radius 3 is 2.03 bits per heavy atom. The molecule has 3 aromatic rings. The topological polar surface area (TPSA) is 98.5 Å². The van der Waals surface area contributed by atoms with Gasteiger partial charge in [0, 0.05) is 18.1 Å². The number of esters is 1. The van der Waals surface area contributed by atoms with Crippen molar-refractivity contribution in [3.05, 3.63) is 112 Å². The molecule has 0 fully saturated rings. The number of ether oxygens (including phenoxy) is 1. The molecule has 3 rings (SSSR count). The molecule has 0 heterocycles. The average molecular weight is 418 g/mol. The predicted octanol–water partition coefficient (Wildman–Crippen LogP) is 3.63. The molecule has 158 valence electrons. The van der Waals surface area contributed by atoms with Crippen LogP contribution in [0, 0.1) is 10.1 Å². The summed E-state index contributed by atoms with van der Waals surface area (Å²) in [6, 6.07) is 23.7. The van der Waals surface area contributed by atoms with Gasteiger partial charge in [0.05, 0.1) is 18.5 Å². The number of nitrogens with zero attached hydrogens (tertiary/aromatic N) is 1. The van der Waals surface area contributed by atoms with E-state index in [1.54, 1.807) is 6.07 Å². The van der Waals surface area contributed by atoms with Crippen molar-refractivity contribution in [3.63, 3.8) is 0 Å². The summed E-state index contributed by atoms with van der Waals surface area (Å²) >= 11 is 0. The number of benzene rings is 3. The molecule has 0 saturated carbocycles. The maximum absolute atomic E-state index is 12.8. The summed E-state index contributed by atoms with van der Waals surface area (Å²) in [5, 5.41) is 13.8. The number of rotatable bonds is 8. The van der Waals surface area contributed by atoms with Crippen molar-refractivity contribution in [2.75, 3.05) is 7.11 Å². The summed E-state index contributed by atoms with van der Waals surface area (Å²) < 4.78 is 5.00. The molecule has 0 radical (unpaired) electrons. The van der Waals surface area contributed by atoms with Crippen molar-refractivity contribution in [2.45, 2.75) is 18.4 Å². The molecule has 0 saturated heterocycles. The lowest BCUT2D eigenvalue weighted by Crippen LogP contribution is -2.46. The first-order valence-corrected chi connectivity index (χ1v) is 9.70. The van der Waals surface area contributed by atoms with E-state index < -0.39 is 28.8 Å². The summed E-state index contributed by atoms with van der Waals surface area (Å²) in [5.74, 6) is -1.48. The molecule has 0 bridgehead atoms. The highest BCUT2D eigenvalue weighted by Gasteiger charge is 2.33. The van der Waals surface area contributed by atoms with Crippen molar-refractivity contribution < 1.29 is 19.2 Å². The standard InChI is InChI=1S/C24H22N2O5/c1-31-24(28)23(25-21(27)16-17-9-8-14-20(15-17)26(29)30)22(18-10-4-2-5-11-18)19-12-6-3-7-13-19/h2-15,22-23H,16H2,1H3,(H,25,27)/t23-/m0/s1. The molecule has 31 heavy (non-hydrogen) atoms. The molecule has 0 aliphatic carbocycles. The quantitative estimate of drug-likeness (QED) is 0.342. The molecule has 1 amide bonds. The lowest BCUT2D eigenvalue weighted by Gasteiger charge is -2.27. The van der Waals surface area contributed by atoms with Gasteiger partial charge in [0.1, 0.15) is 6.04 Å². The van der Waals surface area contributed by atoms with Crippen LogP contribution in [0.15, 0.2) is 84.9 Å². The number of nitro groups is 1. The lowest BCUT2D eigenvalue weighted by molar-refractivity contribution is -0.384. The fraction of sp³-hybridized carbons (Fsp3) is 0.167. The van der Waals surface area contributed by atoms with Gasteiger partial charge in [-0.3, -0.25) is 14.9 Å². The van der Waals surface area contributed by atoms with E-state index in [1.165, 1.54) is 25.3 Å². The second-order valence-electron chi connectivity index (χ2n) is 6.97. The molecule has 1 atom stereocenters. The largest absolute Gasteiger partial charge is 0.467 e. The second-order valence-corrected chi connectivity index (χ2v) is 6.97. The highest BCUT2D eigenvalue weighted by atomic mass is 16.6. The molecular formula is C24H22N2O5. The number of methoxy groups -OCH3 is 1. The van der Waals surface area contributed by atoms with Gasteiger partial charge in [-0.1, -0.05) is 72.8 Å². The minimum atomic E-state index is -0.971. The van der Waals surface area contributed by atoms with Gasteiger partial charge in [-0.25, -0.2) is 4.79 Å². The van der Waals surface area contributed by atoms with Crippen molar-refractivity contribution in [2.24, 2.45) is 0 Å². The van der Waals surface area contributed by atoms with Crippen LogP contribution in [0.4, 0.5) is 5.69 Å². The zero-order valence-corrected chi connectivity index (χ0v) is 16.9. The third-order valence-corrected chi connectivity index (χ3v) is 4.91. The van der Waals surface area contributed by atoms with Crippen LogP contribution in [0.3, 0.4) is 0 Å². The zero-order valence-electron chi connectivity index (χ0n) is 16.9. The summed E-state index contributed by atoms with van der Waals surface area (Å²) in [7, 11) is 1.27. The minimum Gasteiger partial charge on any atom is -0.467 e. The van der Waals surface area contributed by atoms with Crippen molar-refractivity contribution >= 4 is 17.6 Å². The van der Waals surface area contributed by atoms with Crippen LogP contribution < -0.4 is 5.32 Å². The number of carbonyl (C=O) groups is 2. The number of non-ortho nitro benzene ring substituents is 1. The Kier molecular flexibility index (Phi) is 7.11. The maximum Gasteiger partial charge on any atom is 0.329 e. The average Bonchev–Trinajstić information content (AvgIpc) is 2.79. The van der Waals surface area contributed by atoms with E-state index in [-0.39, 0.29) is 12.1 Å². The van der Waals surface area contributed by atoms with E-state index in [0.29, 0.717) is 5.56 Å². The molecule has 3 aromatic carbocycles. The van der Waals surface area contributed by atoms with Gasteiger partial charge in [0.25, 0.3) is 5.69 Å². The van der Waals surface area contributed by atoms with Crippen LogP contribution in [0.25, 0.3) is 0 Å². The SMILES string of the molecule is COC(=O)[C@@H](NC(=O)Cc1cccc([N+](=O)[O-])c1)C(c1ccccc1)c1ccccc1. The molecule has 0 aliphatic heterocycles. The van der Waals surface area contributed by atoms with Gasteiger partial charge >= 0.3 is 5.97 Å². The van der Waals surface area contributed by atoms with Gasteiger partial charge < -0.3 is 10.1 Å². The Hall–Kier alpha value is -4.00. The van der Waals surface area contributed by atoms with E-state index in [2.05, 4.69) is 5.32 Å². The van der Waals surface area contributed by atoms with Gasteiger partial charge in [0.2, 0.25) is 5.91 Å². The van der Waals surface area contributed by atoms with E-state index in [0.717, 1.165) is 11.1 Å². The molecule has 0 aliphatic rings. The number of carbonyl (C=O) groups excluding carboxylic acids is 2. The Morgan fingerprint density at radius 2 is 1.52 bits per heavy atom. The highest BCUT2D eigenvalue weighted by molar-refractivity contribution is 5.87. The Labute approximate surface area is 179 Å². The first kappa shape index (κ1) is 21.7. The van der Waals surface area contributed by atoms with Crippen LogP contribution in [0.1, 0.15) is 22.6 Å². The van der Waals surface area contributed by atoms with Crippen molar-refractivity contribution in [3.8, 4) is 0 Å². The van der Waals surface area contributed by atoms with E-state index in [9.17, 15) is 19.7 Å². The number of nitrogens with one attached hydrogen (secondary N) is 1. The summed E-state index contributed by atoms with van der Waals surface area (Å²) in [6.07, 6.45) is -0.106. The second kappa shape index (κ2) is 10.2. The molecular weight excluding hydrogens is 396 g/mol. The van der Waals surface area contributed by atoms with E-state index in [4.69, 9.17) is 4.74 Å². The fourth-order valence-electron chi connectivity index (χ4n) is 3.49. The van der Waals surface area contributed by atoms with E-state index in [1.807, 2.05) is 60.7 Å². The van der Waals surface area contributed by atoms with E-state index >= 15 is 0 Å². The molecule has 0 unspecified atom stereocenters. The van der Waals surface area contributed by atoms with Crippen LogP contribution in [-0.4, -0.2) is 30.0 Å². The number of amides is 1. The number of hydrogen-bond acceptors (Lipinski definition) is 5. The van der Waals surface area contributed by atoms with Crippen LogP contribution in [0.2, 0.25) is 0 Å². The van der Waals surface area contributed by atoms with Crippen LogP contribution in [-0.2, 0) is 20.7 Å². The Bertz CT molecular complexity index is 1010. The normalized spacial score (nSPS) is 11.5. The molecule has 7 heteroatoms. The minimum absolute atomic E-state index is 0.0961. The number of hydrogen-bond donors (Lipinski definition) is 1. The Morgan fingerprint density at radius 1 is 0.935 bits per heavy atom. The third kappa shape index (κ3) is 5.54. The molecule has 7 nitrogen and oxygen atoms in total. The summed E-state index contributed by atoms with van der Waals surface area (Å²) in [4.78, 5) is 36.0. The zero-order chi connectivity index (χ0) is 22.2. The summed E-state index contributed by atoms with van der Waals surface area (Å²) in [5.41, 5.74) is 2.08. The molecule has 1 N–H and O–H groups in total. The monoisotopic (exact) mass is 418 g/mol. The lowest BCUT2D eigenvalue weighted by atomic mass is 9.85. The van der Waals surface area contributed by atoms with Crippen LogP contribution in [0.5, 0.6) is 0 Å².